The van der Waals surface area contributed by atoms with Gasteiger partial charge in [0.25, 0.3) is 0 Å². The molecule has 0 unspecified atom stereocenters. The molecule has 0 spiro atoms. The van der Waals surface area contributed by atoms with Gasteiger partial charge in [0, 0.05) is 28.3 Å². The Morgan fingerprint density at radius 1 is 0.818 bits per heavy atom. The van der Waals surface area contributed by atoms with Crippen molar-refractivity contribution in [2.75, 3.05) is 6.61 Å². The van der Waals surface area contributed by atoms with Crippen LogP contribution in [0.4, 0.5) is 0 Å². The maximum atomic E-state index is 8.47. The van der Waals surface area contributed by atoms with Gasteiger partial charge in [0.15, 0.2) is 0 Å². The Bertz CT molecular complexity index is 49.5. The Morgan fingerprint density at radius 3 is 1.73 bits per heavy atom. The molecule has 0 aromatic rings. The van der Waals surface area contributed by atoms with Crippen molar-refractivity contribution in [1.82, 2.24) is 0 Å². The predicted octanol–water partition coefficient (Wildman–Crippen LogP) is 2.73. The van der Waals surface area contributed by atoms with Crippen LogP contribution in [-0.2, 0) is 21.7 Å². The molecule has 0 aliphatic carbocycles. The first-order valence-corrected chi connectivity index (χ1v) is 4.52. The second-order valence-electron chi connectivity index (χ2n) is 2.84. The van der Waals surface area contributed by atoms with Crippen molar-refractivity contribution in [3.8, 4) is 0 Å². The van der Waals surface area contributed by atoms with E-state index in [-0.39, 0.29) is 21.7 Å². The Kier molecular flexibility index (Phi) is 17.2. The summed E-state index contributed by atoms with van der Waals surface area (Å²) in [6, 6.07) is 0. The van der Waals surface area contributed by atoms with E-state index in [1.54, 1.807) is 0 Å². The van der Waals surface area contributed by atoms with Gasteiger partial charge in [-0.3, -0.25) is 0 Å². The van der Waals surface area contributed by atoms with Crippen molar-refractivity contribution in [3.63, 3.8) is 0 Å². The molecular formula is C9H20OTi. The van der Waals surface area contributed by atoms with Gasteiger partial charge in [0.2, 0.25) is 0 Å². The smallest absolute Gasteiger partial charge is 0.0431 e. The molecule has 0 radical (unpaired) electrons. The van der Waals surface area contributed by atoms with E-state index in [1.165, 1.54) is 38.5 Å². The first kappa shape index (κ1) is 14.2. The third kappa shape index (κ3) is 13.6. The van der Waals surface area contributed by atoms with Gasteiger partial charge in [-0.05, 0) is 6.42 Å². The third-order valence-electron chi connectivity index (χ3n) is 1.76. The van der Waals surface area contributed by atoms with Crippen molar-refractivity contribution in [2.24, 2.45) is 0 Å². The summed E-state index contributed by atoms with van der Waals surface area (Å²) in [7, 11) is 0. The van der Waals surface area contributed by atoms with Gasteiger partial charge in [-0.15, -0.1) is 0 Å². The largest absolute Gasteiger partial charge is 0.396 e. The van der Waals surface area contributed by atoms with Gasteiger partial charge in [-0.25, -0.2) is 0 Å². The fourth-order valence-corrected chi connectivity index (χ4v) is 1.07. The van der Waals surface area contributed by atoms with Crippen LogP contribution in [0.1, 0.15) is 51.9 Å². The molecular weight excluding hydrogens is 172 g/mol. The normalized spacial score (nSPS) is 9.27. The molecule has 0 saturated carbocycles. The van der Waals surface area contributed by atoms with Gasteiger partial charge in [-0.1, -0.05) is 45.4 Å². The zero-order valence-electron chi connectivity index (χ0n) is 7.60. The van der Waals surface area contributed by atoms with E-state index in [0.29, 0.717) is 6.61 Å². The Balaban J connectivity index is 0. The summed E-state index contributed by atoms with van der Waals surface area (Å²) in [5.41, 5.74) is 0. The van der Waals surface area contributed by atoms with Gasteiger partial charge < -0.3 is 5.11 Å². The summed E-state index contributed by atoms with van der Waals surface area (Å²) in [5.74, 6) is 0. The van der Waals surface area contributed by atoms with Crippen molar-refractivity contribution < 1.29 is 26.8 Å². The maximum absolute atomic E-state index is 8.47. The van der Waals surface area contributed by atoms with E-state index in [4.69, 9.17) is 5.11 Å². The quantitative estimate of drug-likeness (QED) is 0.485. The molecule has 0 atom stereocenters. The summed E-state index contributed by atoms with van der Waals surface area (Å²) < 4.78 is 0. The van der Waals surface area contributed by atoms with E-state index in [1.807, 2.05) is 0 Å². The monoisotopic (exact) mass is 192 g/mol. The van der Waals surface area contributed by atoms with E-state index >= 15 is 0 Å². The average Bonchev–Trinajstić information content (AvgIpc) is 1.97. The summed E-state index contributed by atoms with van der Waals surface area (Å²) >= 11 is 0. The van der Waals surface area contributed by atoms with Crippen molar-refractivity contribution in [3.05, 3.63) is 0 Å². The topological polar surface area (TPSA) is 20.2 Å². The number of aliphatic hydroxyl groups is 1. The summed E-state index contributed by atoms with van der Waals surface area (Å²) in [6.07, 6.45) is 8.93. The minimum atomic E-state index is 0. The molecule has 0 saturated heterocycles. The van der Waals surface area contributed by atoms with E-state index in [0.717, 1.165) is 6.42 Å². The van der Waals surface area contributed by atoms with Crippen molar-refractivity contribution in [2.45, 2.75) is 51.9 Å². The van der Waals surface area contributed by atoms with Crippen LogP contribution in [0.2, 0.25) is 0 Å². The maximum Gasteiger partial charge on any atom is 0.0431 e. The van der Waals surface area contributed by atoms with Gasteiger partial charge in [0.05, 0.1) is 0 Å². The Morgan fingerprint density at radius 2 is 1.27 bits per heavy atom. The molecule has 0 bridgehead atoms. The number of aliphatic hydroxyl groups excluding tert-OH is 1. The molecule has 0 aliphatic heterocycles. The fraction of sp³-hybridized carbons (Fsp3) is 1.00. The summed E-state index contributed by atoms with van der Waals surface area (Å²) in [4.78, 5) is 0. The van der Waals surface area contributed by atoms with E-state index < -0.39 is 0 Å². The van der Waals surface area contributed by atoms with Crippen LogP contribution in [0.25, 0.3) is 0 Å². The number of hydrogen-bond donors (Lipinski definition) is 1. The Labute approximate surface area is 85.5 Å². The third-order valence-corrected chi connectivity index (χ3v) is 1.76. The number of unbranched alkanes of at least 4 members (excludes halogenated alkanes) is 6. The standard InChI is InChI=1S/C9H20O.Ti/c1-2-3-4-5-6-7-8-9-10;/h10H,2-9H2,1H3;. The first-order chi connectivity index (χ1) is 4.91. The first-order valence-electron chi connectivity index (χ1n) is 4.52. The predicted molar refractivity (Wildman–Crippen MR) is 45.1 cm³/mol. The second kappa shape index (κ2) is 13.3. The van der Waals surface area contributed by atoms with Crippen LogP contribution >= 0.6 is 0 Å². The molecule has 0 aromatic carbocycles. The molecule has 0 fully saturated rings. The molecule has 1 N–H and O–H groups in total. The molecule has 0 rings (SSSR count). The molecule has 0 aliphatic rings. The molecule has 0 heterocycles. The van der Waals surface area contributed by atoms with Crippen LogP contribution in [0.5, 0.6) is 0 Å². The molecule has 11 heavy (non-hydrogen) atoms. The van der Waals surface area contributed by atoms with Gasteiger partial charge >= 0.3 is 0 Å². The zero-order chi connectivity index (χ0) is 7.66. The minimum Gasteiger partial charge on any atom is -0.396 e. The molecule has 66 valence electrons. The van der Waals surface area contributed by atoms with E-state index in [2.05, 4.69) is 6.92 Å². The van der Waals surface area contributed by atoms with Crippen LogP contribution in [0.15, 0.2) is 0 Å². The second-order valence-corrected chi connectivity index (χ2v) is 2.84. The number of rotatable bonds is 7. The van der Waals surface area contributed by atoms with Crippen LogP contribution < -0.4 is 0 Å². The van der Waals surface area contributed by atoms with Gasteiger partial charge in [0.1, 0.15) is 0 Å². The van der Waals surface area contributed by atoms with Crippen LogP contribution in [0.3, 0.4) is 0 Å². The summed E-state index contributed by atoms with van der Waals surface area (Å²) in [5, 5.41) is 8.47. The van der Waals surface area contributed by atoms with Crippen LogP contribution in [0, 0.1) is 0 Å². The molecule has 1 nitrogen and oxygen atoms in total. The van der Waals surface area contributed by atoms with E-state index in [9.17, 15) is 0 Å². The molecule has 0 amide bonds. The zero-order valence-corrected chi connectivity index (χ0v) is 9.17. The molecule has 2 heteroatoms. The number of hydrogen-bond acceptors (Lipinski definition) is 1. The summed E-state index contributed by atoms with van der Waals surface area (Å²) in [6.45, 7) is 2.60. The average molecular weight is 192 g/mol. The minimum absolute atomic E-state index is 0. The SMILES string of the molecule is CCCCCCCCCO.[Ti]. The fourth-order valence-electron chi connectivity index (χ4n) is 1.07. The van der Waals surface area contributed by atoms with Crippen LogP contribution in [-0.4, -0.2) is 11.7 Å². The van der Waals surface area contributed by atoms with Crippen molar-refractivity contribution >= 4 is 0 Å². The van der Waals surface area contributed by atoms with Gasteiger partial charge in [-0.2, -0.15) is 0 Å². The van der Waals surface area contributed by atoms with Crippen molar-refractivity contribution in [1.29, 1.82) is 0 Å². The molecule has 0 aromatic heterocycles. The Hall–Kier alpha value is 0.674.